The Kier molecular flexibility index (Phi) is 4.86. The number of anilines is 1. The summed E-state index contributed by atoms with van der Waals surface area (Å²) in [7, 11) is 1.57. The first kappa shape index (κ1) is 20.2. The van der Waals surface area contributed by atoms with Crippen LogP contribution in [0.5, 0.6) is 5.88 Å². The number of carbonyl (C=O) groups is 2. The van der Waals surface area contributed by atoms with Gasteiger partial charge >= 0.3 is 0 Å². The molecule has 2 aliphatic rings. The summed E-state index contributed by atoms with van der Waals surface area (Å²) in [5.41, 5.74) is 2.41. The molecule has 3 aromatic rings. The molecule has 2 amide bonds. The Labute approximate surface area is 188 Å². The minimum atomic E-state index is -0.274. The van der Waals surface area contributed by atoms with E-state index >= 15 is 0 Å². The van der Waals surface area contributed by atoms with Crippen LogP contribution in [0, 0.1) is 0 Å². The fourth-order valence-corrected chi connectivity index (χ4v) is 5.70. The van der Waals surface area contributed by atoms with Gasteiger partial charge in [-0.05, 0) is 36.2 Å². The molecule has 0 N–H and O–H groups in total. The predicted octanol–water partition coefficient (Wildman–Crippen LogP) is 3.43. The first-order chi connectivity index (χ1) is 14.9. The van der Waals surface area contributed by atoms with Gasteiger partial charge in [0, 0.05) is 48.7 Å². The van der Waals surface area contributed by atoms with Gasteiger partial charge in [0.05, 0.1) is 13.5 Å². The van der Waals surface area contributed by atoms with Crippen molar-refractivity contribution in [3.63, 3.8) is 0 Å². The van der Waals surface area contributed by atoms with Crippen molar-refractivity contribution >= 4 is 50.8 Å². The molecule has 0 radical (unpaired) electrons. The van der Waals surface area contributed by atoms with Crippen molar-refractivity contribution in [2.24, 2.45) is 0 Å². The van der Waals surface area contributed by atoms with E-state index in [0.717, 1.165) is 28.0 Å². The Hall–Kier alpha value is -2.71. The van der Waals surface area contributed by atoms with Crippen molar-refractivity contribution in [1.29, 1.82) is 0 Å². The third-order valence-electron chi connectivity index (χ3n) is 6.17. The van der Waals surface area contributed by atoms with Gasteiger partial charge in [0.1, 0.15) is 15.4 Å². The lowest BCUT2D eigenvalue weighted by molar-refractivity contribution is -0.127. The second-order valence-electron chi connectivity index (χ2n) is 8.07. The van der Waals surface area contributed by atoms with Crippen LogP contribution in [0.1, 0.15) is 23.9 Å². The number of halogens is 1. The number of ether oxygens (including phenoxy) is 1. The number of thiazole rings is 1. The fraction of sp³-hybridized carbons (Fsp3) is 0.364. The summed E-state index contributed by atoms with van der Waals surface area (Å²) in [6.45, 7) is 3.42. The number of carbonyl (C=O) groups excluding carboxylic acids is 2. The van der Waals surface area contributed by atoms with E-state index in [9.17, 15) is 9.59 Å². The van der Waals surface area contributed by atoms with E-state index in [2.05, 4.69) is 9.97 Å². The van der Waals surface area contributed by atoms with Gasteiger partial charge in [-0.15, -0.1) is 0 Å². The molecule has 5 rings (SSSR count). The zero-order valence-electron chi connectivity index (χ0n) is 17.2. The Morgan fingerprint density at radius 3 is 2.81 bits per heavy atom. The van der Waals surface area contributed by atoms with Crippen LogP contribution in [0.25, 0.3) is 10.3 Å². The molecule has 1 saturated heterocycles. The van der Waals surface area contributed by atoms with Crippen LogP contribution in [-0.2, 0) is 21.4 Å². The van der Waals surface area contributed by atoms with Crippen molar-refractivity contribution in [3.05, 3.63) is 45.9 Å². The molecule has 0 aliphatic carbocycles. The van der Waals surface area contributed by atoms with Gasteiger partial charge < -0.3 is 14.5 Å². The van der Waals surface area contributed by atoms with Crippen LogP contribution in [0.3, 0.4) is 0 Å². The van der Waals surface area contributed by atoms with Crippen LogP contribution in [0.4, 0.5) is 5.69 Å². The number of nitrogens with zero attached hydrogens (tertiary/aromatic N) is 4. The normalized spacial score (nSPS) is 20.0. The molecule has 4 heterocycles. The molecule has 0 bridgehead atoms. The summed E-state index contributed by atoms with van der Waals surface area (Å²) >= 11 is 7.70. The van der Waals surface area contributed by atoms with Crippen molar-refractivity contribution in [3.8, 4) is 5.88 Å². The number of methoxy groups -OCH3 is 1. The van der Waals surface area contributed by atoms with Crippen molar-refractivity contribution in [2.75, 3.05) is 31.6 Å². The molecule has 0 saturated carbocycles. The maximum Gasteiger partial charge on any atom is 0.233 e. The van der Waals surface area contributed by atoms with Crippen LogP contribution in [-0.4, -0.2) is 53.4 Å². The average molecular weight is 457 g/mol. The fourth-order valence-electron chi connectivity index (χ4n) is 4.61. The highest BCUT2D eigenvalue weighted by molar-refractivity contribution is 7.18. The Morgan fingerprint density at radius 2 is 2.06 bits per heavy atom. The van der Waals surface area contributed by atoms with E-state index in [1.54, 1.807) is 20.1 Å². The number of hydrogen-bond donors (Lipinski definition) is 0. The first-order valence-electron chi connectivity index (χ1n) is 10.0. The summed E-state index contributed by atoms with van der Waals surface area (Å²) in [4.78, 5) is 38.7. The standard InChI is InChI=1S/C22H21ClN4O3S/c1-13(28)26-8-7-22(11-26)12-27(17-5-3-14(23)9-15(17)22)20(29)10-19-24-16-4-6-18(30-2)25-21(16)31-19/h3-6,9H,7-8,10-12H2,1-2H3. The van der Waals surface area contributed by atoms with E-state index in [-0.39, 0.29) is 23.7 Å². The highest BCUT2D eigenvalue weighted by atomic mass is 35.5. The number of fused-ring (bicyclic) bond motifs is 3. The molecule has 1 unspecified atom stereocenters. The van der Waals surface area contributed by atoms with Crippen molar-refractivity contribution < 1.29 is 14.3 Å². The molecular formula is C22H21ClN4O3S. The molecule has 1 fully saturated rings. The van der Waals surface area contributed by atoms with Gasteiger partial charge in [-0.25, -0.2) is 9.97 Å². The maximum absolute atomic E-state index is 13.4. The molecule has 1 atom stereocenters. The highest BCUT2D eigenvalue weighted by Crippen LogP contribution is 2.47. The number of likely N-dealkylation sites (tertiary alicyclic amines) is 1. The minimum absolute atomic E-state index is 0.0206. The second-order valence-corrected chi connectivity index (χ2v) is 9.57. The lowest BCUT2D eigenvalue weighted by Gasteiger charge is -2.25. The second kappa shape index (κ2) is 7.46. The van der Waals surface area contributed by atoms with Crippen LogP contribution in [0.15, 0.2) is 30.3 Å². The monoisotopic (exact) mass is 456 g/mol. The summed E-state index contributed by atoms with van der Waals surface area (Å²) in [6.07, 6.45) is 1.01. The molecule has 1 aromatic carbocycles. The molecule has 1 spiro atoms. The van der Waals surface area contributed by atoms with E-state index < -0.39 is 0 Å². The third kappa shape index (κ3) is 3.43. The summed E-state index contributed by atoms with van der Waals surface area (Å²) in [6, 6.07) is 9.28. The first-order valence-corrected chi connectivity index (χ1v) is 11.2. The quantitative estimate of drug-likeness (QED) is 0.603. The number of rotatable bonds is 3. The number of aromatic nitrogens is 2. The van der Waals surface area contributed by atoms with Gasteiger partial charge in [0.25, 0.3) is 0 Å². The Bertz CT molecular complexity index is 1210. The van der Waals surface area contributed by atoms with Gasteiger partial charge in [-0.1, -0.05) is 22.9 Å². The maximum atomic E-state index is 13.4. The van der Waals surface area contributed by atoms with E-state index in [1.165, 1.54) is 11.3 Å². The van der Waals surface area contributed by atoms with E-state index in [1.807, 2.05) is 34.1 Å². The Morgan fingerprint density at radius 1 is 1.23 bits per heavy atom. The summed E-state index contributed by atoms with van der Waals surface area (Å²) in [5, 5.41) is 1.36. The number of amides is 2. The SMILES string of the molecule is COc1ccc2nc(CC(=O)N3CC4(CCN(C(C)=O)C4)c4cc(Cl)ccc43)sc2n1. The van der Waals surface area contributed by atoms with Crippen LogP contribution in [0.2, 0.25) is 5.02 Å². The topological polar surface area (TPSA) is 75.6 Å². The number of pyridine rings is 1. The van der Waals surface area contributed by atoms with Crippen molar-refractivity contribution in [2.45, 2.75) is 25.2 Å². The van der Waals surface area contributed by atoms with Gasteiger partial charge in [0.15, 0.2) is 0 Å². The van der Waals surface area contributed by atoms with Gasteiger partial charge in [-0.2, -0.15) is 0 Å². The van der Waals surface area contributed by atoms with Crippen LogP contribution >= 0.6 is 22.9 Å². The number of benzene rings is 1. The Balaban J connectivity index is 1.44. The lowest BCUT2D eigenvalue weighted by Crippen LogP contribution is -2.40. The molecule has 2 aromatic heterocycles. The van der Waals surface area contributed by atoms with Crippen molar-refractivity contribution in [1.82, 2.24) is 14.9 Å². The van der Waals surface area contributed by atoms with E-state index in [4.69, 9.17) is 16.3 Å². The van der Waals surface area contributed by atoms with Crippen LogP contribution < -0.4 is 9.64 Å². The molecular weight excluding hydrogens is 436 g/mol. The molecule has 160 valence electrons. The summed E-state index contributed by atoms with van der Waals surface area (Å²) < 4.78 is 5.18. The highest BCUT2D eigenvalue weighted by Gasteiger charge is 2.49. The molecule has 9 heteroatoms. The van der Waals surface area contributed by atoms with E-state index in [0.29, 0.717) is 35.5 Å². The molecule has 7 nitrogen and oxygen atoms in total. The van der Waals surface area contributed by atoms with Gasteiger partial charge in [-0.3, -0.25) is 9.59 Å². The lowest BCUT2D eigenvalue weighted by atomic mass is 9.81. The zero-order chi connectivity index (χ0) is 21.8. The largest absolute Gasteiger partial charge is 0.481 e. The zero-order valence-corrected chi connectivity index (χ0v) is 18.8. The molecule has 2 aliphatic heterocycles. The minimum Gasteiger partial charge on any atom is -0.481 e. The third-order valence-corrected chi connectivity index (χ3v) is 7.37. The smallest absolute Gasteiger partial charge is 0.233 e. The average Bonchev–Trinajstić information content (AvgIpc) is 3.43. The number of hydrogen-bond acceptors (Lipinski definition) is 6. The predicted molar refractivity (Wildman–Crippen MR) is 120 cm³/mol. The summed E-state index contributed by atoms with van der Waals surface area (Å²) in [5.74, 6) is 0.563. The molecule has 31 heavy (non-hydrogen) atoms. The van der Waals surface area contributed by atoms with Gasteiger partial charge in [0.2, 0.25) is 17.7 Å².